The Kier molecular flexibility index (Phi) is 4.70. The van der Waals surface area contributed by atoms with E-state index in [1.807, 2.05) is 19.0 Å². The number of carbonyl (C=O) groups excluding carboxylic acids is 2. The minimum Gasteiger partial charge on any atom is -0.463 e. The maximum atomic E-state index is 12.9. The molecule has 4 rings (SSSR count). The molecule has 0 atom stereocenters. The Morgan fingerprint density at radius 3 is 2.11 bits per heavy atom. The van der Waals surface area contributed by atoms with E-state index in [9.17, 15) is 9.59 Å². The zero-order valence-corrected chi connectivity index (χ0v) is 15.5. The molecule has 0 radical (unpaired) electrons. The molecule has 3 heterocycles. The molecule has 0 N–H and O–H groups in total. The Labute approximate surface area is 160 Å². The van der Waals surface area contributed by atoms with Gasteiger partial charge in [-0.05, 0) is 38.4 Å². The Morgan fingerprint density at radius 2 is 1.57 bits per heavy atom. The lowest BCUT2D eigenvalue weighted by molar-refractivity contribution is 0.0957. The second-order valence-electron chi connectivity index (χ2n) is 6.63. The molecule has 0 aliphatic heterocycles. The number of carbonyl (C=O) groups is 2. The van der Waals surface area contributed by atoms with Crippen LogP contribution in [-0.4, -0.2) is 59.3 Å². The highest BCUT2D eigenvalue weighted by atomic mass is 16.3. The number of furan rings is 2. The summed E-state index contributed by atoms with van der Waals surface area (Å²) in [6, 6.07) is 6.85. The van der Waals surface area contributed by atoms with Gasteiger partial charge < -0.3 is 13.7 Å². The zero-order valence-electron chi connectivity index (χ0n) is 15.5. The lowest BCUT2D eigenvalue weighted by Gasteiger charge is -2.17. The molecule has 0 fully saturated rings. The summed E-state index contributed by atoms with van der Waals surface area (Å²) in [7, 11) is 3.83. The topological polar surface area (TPSA) is 102 Å². The van der Waals surface area contributed by atoms with Crippen LogP contribution in [0.15, 0.2) is 50.6 Å². The summed E-state index contributed by atoms with van der Waals surface area (Å²) < 4.78 is 10.9. The minimum atomic E-state index is -0.375. The number of aromatic nitrogens is 2. The molecule has 1 aliphatic rings. The summed E-state index contributed by atoms with van der Waals surface area (Å²) in [6.45, 7) is 1.11. The minimum absolute atomic E-state index is 0.00144. The number of Topliss-reactive ketones (excluding diaryl/α,β-unsaturated/α-hetero) is 2. The van der Waals surface area contributed by atoms with Crippen LogP contribution in [0.2, 0.25) is 0 Å². The third kappa shape index (κ3) is 3.29. The number of hydrogen-bond acceptors (Lipinski definition) is 8. The van der Waals surface area contributed by atoms with Crippen molar-refractivity contribution >= 4 is 17.3 Å². The summed E-state index contributed by atoms with van der Waals surface area (Å²) in [5.74, 6) is 0.204. The van der Waals surface area contributed by atoms with E-state index in [4.69, 9.17) is 8.83 Å². The standard InChI is InChI=1S/C20H18N4O4/c1-24(2)8-7-21-12-11-13(25)16-19(20(12)26)23-18(15-6-4-10-28-15)17(22-16)14-5-3-9-27-14/h3-6,9-10H,7-8,11H2,1-2H3. The van der Waals surface area contributed by atoms with E-state index in [1.54, 1.807) is 24.3 Å². The Morgan fingerprint density at radius 1 is 0.964 bits per heavy atom. The lowest BCUT2D eigenvalue weighted by atomic mass is 9.95. The summed E-state index contributed by atoms with van der Waals surface area (Å²) >= 11 is 0. The predicted octanol–water partition coefficient (Wildman–Crippen LogP) is 2.77. The van der Waals surface area contributed by atoms with Crippen LogP contribution in [0.1, 0.15) is 27.4 Å². The molecule has 0 bridgehead atoms. The normalized spacial score (nSPS) is 15.5. The van der Waals surface area contributed by atoms with Gasteiger partial charge in [-0.1, -0.05) is 0 Å². The smallest absolute Gasteiger partial charge is 0.227 e. The van der Waals surface area contributed by atoms with Gasteiger partial charge >= 0.3 is 0 Å². The first-order valence-electron chi connectivity index (χ1n) is 8.80. The van der Waals surface area contributed by atoms with Crippen molar-refractivity contribution in [2.75, 3.05) is 27.2 Å². The molecule has 142 valence electrons. The molecule has 1 aliphatic carbocycles. The van der Waals surface area contributed by atoms with Gasteiger partial charge in [0.1, 0.15) is 22.8 Å². The Balaban J connectivity index is 1.82. The van der Waals surface area contributed by atoms with Crippen molar-refractivity contribution < 1.29 is 18.4 Å². The highest BCUT2D eigenvalue weighted by Crippen LogP contribution is 2.32. The van der Waals surface area contributed by atoms with E-state index in [2.05, 4.69) is 15.0 Å². The number of fused-ring (bicyclic) bond motifs is 1. The van der Waals surface area contributed by atoms with Crippen LogP contribution >= 0.6 is 0 Å². The fourth-order valence-corrected chi connectivity index (χ4v) is 2.92. The number of nitrogens with zero attached hydrogens (tertiary/aromatic N) is 4. The van der Waals surface area contributed by atoms with Crippen LogP contribution in [-0.2, 0) is 0 Å². The largest absolute Gasteiger partial charge is 0.463 e. The van der Waals surface area contributed by atoms with E-state index >= 15 is 0 Å². The molecule has 0 saturated heterocycles. The van der Waals surface area contributed by atoms with Gasteiger partial charge in [-0.15, -0.1) is 0 Å². The van der Waals surface area contributed by atoms with E-state index in [-0.39, 0.29) is 35.1 Å². The maximum Gasteiger partial charge on any atom is 0.227 e. The van der Waals surface area contributed by atoms with Crippen LogP contribution in [0, 0.1) is 0 Å². The molecular weight excluding hydrogens is 360 g/mol. The number of ketones is 2. The molecule has 0 amide bonds. The Bertz CT molecular complexity index is 1050. The number of aliphatic imine (C=N–C) groups is 1. The van der Waals surface area contributed by atoms with Crippen molar-refractivity contribution in [3.05, 3.63) is 48.2 Å². The van der Waals surface area contributed by atoms with Gasteiger partial charge in [-0.2, -0.15) is 0 Å². The van der Waals surface area contributed by atoms with Crippen molar-refractivity contribution in [1.29, 1.82) is 0 Å². The predicted molar refractivity (Wildman–Crippen MR) is 102 cm³/mol. The van der Waals surface area contributed by atoms with Crippen molar-refractivity contribution in [2.45, 2.75) is 6.42 Å². The van der Waals surface area contributed by atoms with Gasteiger partial charge in [0, 0.05) is 6.54 Å². The molecule has 28 heavy (non-hydrogen) atoms. The number of rotatable bonds is 5. The molecule has 8 nitrogen and oxygen atoms in total. The SMILES string of the molecule is CN(C)CCN=C1CC(=O)c2nc(-c3ccco3)c(-c3ccco3)nc2C1=O. The first-order chi connectivity index (χ1) is 13.5. The second-order valence-corrected chi connectivity index (χ2v) is 6.63. The highest BCUT2D eigenvalue weighted by molar-refractivity contribution is 6.52. The number of likely N-dealkylation sites (N-methyl/N-ethyl adjacent to an activating group) is 1. The van der Waals surface area contributed by atoms with E-state index in [1.165, 1.54) is 12.5 Å². The van der Waals surface area contributed by atoms with Gasteiger partial charge in [0.2, 0.25) is 5.78 Å². The first kappa shape index (κ1) is 18.0. The fourth-order valence-electron chi connectivity index (χ4n) is 2.92. The zero-order chi connectivity index (χ0) is 19.7. The van der Waals surface area contributed by atoms with Crippen molar-refractivity contribution in [2.24, 2.45) is 4.99 Å². The molecular formula is C20H18N4O4. The van der Waals surface area contributed by atoms with Gasteiger partial charge in [0.25, 0.3) is 0 Å². The average molecular weight is 378 g/mol. The van der Waals surface area contributed by atoms with Gasteiger partial charge in [0.15, 0.2) is 17.3 Å². The average Bonchev–Trinajstić information content (AvgIpc) is 3.38. The third-order valence-electron chi connectivity index (χ3n) is 4.32. The van der Waals surface area contributed by atoms with E-state index in [0.717, 1.165) is 0 Å². The van der Waals surface area contributed by atoms with Crippen LogP contribution in [0.25, 0.3) is 22.9 Å². The lowest BCUT2D eigenvalue weighted by Crippen LogP contribution is -2.31. The van der Waals surface area contributed by atoms with Crippen LogP contribution < -0.4 is 0 Å². The molecule has 0 aromatic carbocycles. The van der Waals surface area contributed by atoms with Crippen LogP contribution in [0.4, 0.5) is 0 Å². The van der Waals surface area contributed by atoms with Gasteiger partial charge in [-0.25, -0.2) is 9.97 Å². The second kappa shape index (κ2) is 7.32. The summed E-state index contributed by atoms with van der Waals surface area (Å²) in [5.41, 5.74) is 0.951. The summed E-state index contributed by atoms with van der Waals surface area (Å²) in [4.78, 5) is 40.7. The molecule has 0 spiro atoms. The van der Waals surface area contributed by atoms with Crippen molar-refractivity contribution in [3.63, 3.8) is 0 Å². The van der Waals surface area contributed by atoms with E-state index in [0.29, 0.717) is 36.0 Å². The summed E-state index contributed by atoms with van der Waals surface area (Å²) in [6.07, 6.45) is 2.93. The molecule has 8 heteroatoms. The molecule has 0 saturated carbocycles. The van der Waals surface area contributed by atoms with Crippen LogP contribution in [0.3, 0.4) is 0 Å². The highest BCUT2D eigenvalue weighted by Gasteiger charge is 2.34. The number of hydrogen-bond donors (Lipinski definition) is 0. The van der Waals surface area contributed by atoms with E-state index < -0.39 is 0 Å². The molecule has 3 aromatic heterocycles. The van der Waals surface area contributed by atoms with Crippen molar-refractivity contribution in [1.82, 2.24) is 14.9 Å². The first-order valence-corrected chi connectivity index (χ1v) is 8.80. The van der Waals surface area contributed by atoms with Crippen molar-refractivity contribution in [3.8, 4) is 22.9 Å². The maximum absolute atomic E-state index is 12.9. The third-order valence-corrected chi connectivity index (χ3v) is 4.32. The fraction of sp³-hybridized carbons (Fsp3) is 0.250. The molecule has 3 aromatic rings. The quantitative estimate of drug-likeness (QED) is 0.673. The summed E-state index contributed by atoms with van der Waals surface area (Å²) in [5, 5.41) is 0. The molecule has 0 unspecified atom stereocenters. The van der Waals surface area contributed by atoms with Gasteiger partial charge in [0.05, 0.1) is 31.2 Å². The van der Waals surface area contributed by atoms with Crippen LogP contribution in [0.5, 0.6) is 0 Å². The van der Waals surface area contributed by atoms with Gasteiger partial charge in [-0.3, -0.25) is 14.6 Å². The monoisotopic (exact) mass is 378 g/mol. The Hall–Kier alpha value is -3.39.